The molecule has 2 atom stereocenters. The van der Waals surface area contributed by atoms with E-state index in [9.17, 15) is 27.2 Å². The molecule has 1 N–H and O–H groups in total. The van der Waals surface area contributed by atoms with Gasteiger partial charge in [0.05, 0.1) is 6.54 Å². The Balaban J connectivity index is 2.92. The molecule has 1 heterocycles. The minimum Gasteiger partial charge on any atom is -0.479 e. The monoisotopic (exact) mass is 257 g/mol. The summed E-state index contributed by atoms with van der Waals surface area (Å²) in [5.41, 5.74) is -2.80. The molecule has 17 heavy (non-hydrogen) atoms. The second kappa shape index (κ2) is 4.15. The number of carboxylic acid groups (broad SMARTS) is 1. The van der Waals surface area contributed by atoms with Crippen molar-refractivity contribution in [2.45, 2.75) is 25.2 Å². The molecule has 0 saturated carbocycles. The Morgan fingerprint density at radius 1 is 1.47 bits per heavy atom. The standard InChI is InChI=1S/C9H11F4NO3/c1-2-5-3-14(6(15)9(11,12)13)4-8(5,10)7(16)17/h5H,2-4H2,1H3,(H,16,17)/t5-,8+/m0/s1. The first-order valence-electron chi connectivity index (χ1n) is 4.91. The molecule has 0 aromatic carbocycles. The van der Waals surface area contributed by atoms with E-state index in [-0.39, 0.29) is 11.3 Å². The zero-order valence-corrected chi connectivity index (χ0v) is 8.92. The normalized spacial score (nSPS) is 29.5. The first kappa shape index (κ1) is 13.7. The van der Waals surface area contributed by atoms with Crippen molar-refractivity contribution < 1.29 is 32.3 Å². The molecule has 8 heteroatoms. The molecule has 0 aromatic heterocycles. The van der Waals surface area contributed by atoms with E-state index in [1.54, 1.807) is 0 Å². The molecule has 4 nitrogen and oxygen atoms in total. The molecule has 0 aliphatic carbocycles. The quantitative estimate of drug-likeness (QED) is 0.756. The van der Waals surface area contributed by atoms with Crippen molar-refractivity contribution in [3.8, 4) is 0 Å². The average molecular weight is 257 g/mol. The number of aliphatic carboxylic acids is 1. The molecule has 0 unspecified atom stereocenters. The highest BCUT2D eigenvalue weighted by Gasteiger charge is 2.57. The van der Waals surface area contributed by atoms with Gasteiger partial charge in [0.2, 0.25) is 5.67 Å². The van der Waals surface area contributed by atoms with Gasteiger partial charge in [0, 0.05) is 12.5 Å². The van der Waals surface area contributed by atoms with E-state index < -0.39 is 42.7 Å². The van der Waals surface area contributed by atoms with Crippen LogP contribution in [0.25, 0.3) is 0 Å². The number of hydrogen-bond donors (Lipinski definition) is 1. The first-order valence-corrected chi connectivity index (χ1v) is 4.91. The highest BCUT2D eigenvalue weighted by molar-refractivity contribution is 5.85. The van der Waals surface area contributed by atoms with Gasteiger partial charge >= 0.3 is 18.1 Å². The lowest BCUT2D eigenvalue weighted by Gasteiger charge is -2.19. The van der Waals surface area contributed by atoms with Crippen LogP contribution in [-0.2, 0) is 9.59 Å². The Morgan fingerprint density at radius 3 is 2.29 bits per heavy atom. The molecule has 1 rings (SSSR count). The van der Waals surface area contributed by atoms with Gasteiger partial charge in [-0.25, -0.2) is 9.18 Å². The number of alkyl halides is 4. The summed E-state index contributed by atoms with van der Waals surface area (Å²) in [6.07, 6.45) is -5.06. The minimum absolute atomic E-state index is 0.0461. The SMILES string of the molecule is CC[C@H]1CN(C(=O)C(F)(F)F)C[C@]1(F)C(=O)O. The third-order valence-corrected chi connectivity index (χ3v) is 2.89. The zero-order valence-electron chi connectivity index (χ0n) is 8.92. The van der Waals surface area contributed by atoms with E-state index >= 15 is 0 Å². The first-order chi connectivity index (χ1) is 7.63. The highest BCUT2D eigenvalue weighted by Crippen LogP contribution is 2.36. The molecular weight excluding hydrogens is 246 g/mol. The summed E-state index contributed by atoms with van der Waals surface area (Å²) in [6.45, 7) is -0.125. The van der Waals surface area contributed by atoms with Gasteiger partial charge in [-0.15, -0.1) is 0 Å². The number of rotatable bonds is 2. The summed E-state index contributed by atoms with van der Waals surface area (Å²) in [7, 11) is 0. The van der Waals surface area contributed by atoms with Crippen LogP contribution in [0.5, 0.6) is 0 Å². The molecule has 0 radical (unpaired) electrons. The Morgan fingerprint density at radius 2 is 2.00 bits per heavy atom. The Labute approximate surface area is 94.2 Å². The van der Waals surface area contributed by atoms with E-state index in [0.29, 0.717) is 0 Å². The Hall–Kier alpha value is -1.34. The molecule has 0 bridgehead atoms. The second-order valence-electron chi connectivity index (χ2n) is 3.96. The van der Waals surface area contributed by atoms with Crippen molar-refractivity contribution >= 4 is 11.9 Å². The van der Waals surface area contributed by atoms with Crippen LogP contribution < -0.4 is 0 Å². The van der Waals surface area contributed by atoms with E-state index in [2.05, 4.69) is 0 Å². The van der Waals surface area contributed by atoms with Crippen LogP contribution >= 0.6 is 0 Å². The number of carboxylic acids is 1. The van der Waals surface area contributed by atoms with Gasteiger partial charge in [-0.05, 0) is 6.42 Å². The fourth-order valence-electron chi connectivity index (χ4n) is 1.91. The molecule has 1 amide bonds. The third-order valence-electron chi connectivity index (χ3n) is 2.89. The van der Waals surface area contributed by atoms with E-state index in [1.165, 1.54) is 6.92 Å². The van der Waals surface area contributed by atoms with Crippen LogP contribution in [0.15, 0.2) is 0 Å². The predicted molar refractivity (Wildman–Crippen MR) is 47.9 cm³/mol. The Bertz CT molecular complexity index is 344. The second-order valence-corrected chi connectivity index (χ2v) is 3.96. The minimum atomic E-state index is -5.11. The van der Waals surface area contributed by atoms with Gasteiger partial charge in [0.25, 0.3) is 0 Å². The van der Waals surface area contributed by atoms with Gasteiger partial charge in [-0.2, -0.15) is 13.2 Å². The lowest BCUT2D eigenvalue weighted by molar-refractivity contribution is -0.185. The molecule has 1 fully saturated rings. The van der Waals surface area contributed by atoms with Crippen LogP contribution in [0.4, 0.5) is 17.6 Å². The van der Waals surface area contributed by atoms with Crippen molar-refractivity contribution in [3.05, 3.63) is 0 Å². The van der Waals surface area contributed by atoms with Crippen LogP contribution in [0.3, 0.4) is 0 Å². The largest absolute Gasteiger partial charge is 0.479 e. The fourth-order valence-corrected chi connectivity index (χ4v) is 1.91. The summed E-state index contributed by atoms with van der Waals surface area (Å²) in [6, 6.07) is 0. The molecule has 1 aliphatic rings. The van der Waals surface area contributed by atoms with Gasteiger partial charge < -0.3 is 10.0 Å². The molecule has 98 valence electrons. The number of hydrogen-bond acceptors (Lipinski definition) is 2. The van der Waals surface area contributed by atoms with Crippen LogP contribution in [0.2, 0.25) is 0 Å². The lowest BCUT2D eigenvalue weighted by Crippen LogP contribution is -2.44. The van der Waals surface area contributed by atoms with E-state index in [0.717, 1.165) is 0 Å². The van der Waals surface area contributed by atoms with Crippen LogP contribution in [-0.4, -0.2) is 46.8 Å². The smallest absolute Gasteiger partial charge is 0.471 e. The average Bonchev–Trinajstić information content (AvgIpc) is 2.54. The lowest BCUT2D eigenvalue weighted by atomic mass is 9.91. The summed E-state index contributed by atoms with van der Waals surface area (Å²) in [5, 5.41) is 8.68. The number of amides is 1. The van der Waals surface area contributed by atoms with Crippen molar-refractivity contribution in [2.24, 2.45) is 5.92 Å². The summed E-state index contributed by atoms with van der Waals surface area (Å²) >= 11 is 0. The summed E-state index contributed by atoms with van der Waals surface area (Å²) < 4.78 is 50.3. The van der Waals surface area contributed by atoms with Crippen molar-refractivity contribution in [1.29, 1.82) is 0 Å². The van der Waals surface area contributed by atoms with Crippen molar-refractivity contribution in [1.82, 2.24) is 4.90 Å². The van der Waals surface area contributed by atoms with Crippen molar-refractivity contribution in [3.63, 3.8) is 0 Å². The van der Waals surface area contributed by atoms with E-state index in [1.807, 2.05) is 0 Å². The maximum absolute atomic E-state index is 13.9. The fraction of sp³-hybridized carbons (Fsp3) is 0.778. The van der Waals surface area contributed by atoms with Gasteiger partial charge in [-0.3, -0.25) is 4.79 Å². The summed E-state index contributed by atoms with van der Waals surface area (Å²) in [5.74, 6) is -5.15. The number of likely N-dealkylation sites (tertiary alicyclic amines) is 1. The highest BCUT2D eigenvalue weighted by atomic mass is 19.4. The number of halogens is 4. The maximum Gasteiger partial charge on any atom is 0.471 e. The predicted octanol–water partition coefficient (Wildman–Crippen LogP) is 1.21. The number of nitrogens with zero attached hydrogens (tertiary/aromatic N) is 1. The van der Waals surface area contributed by atoms with Gasteiger partial charge in [0.15, 0.2) is 0 Å². The van der Waals surface area contributed by atoms with E-state index in [4.69, 9.17) is 5.11 Å². The molecule has 1 saturated heterocycles. The van der Waals surface area contributed by atoms with Crippen LogP contribution in [0.1, 0.15) is 13.3 Å². The number of carbonyl (C=O) groups excluding carboxylic acids is 1. The Kier molecular flexibility index (Phi) is 3.35. The van der Waals surface area contributed by atoms with Gasteiger partial charge in [-0.1, -0.05) is 6.92 Å². The molecule has 1 aliphatic heterocycles. The number of carbonyl (C=O) groups is 2. The van der Waals surface area contributed by atoms with Crippen LogP contribution in [0, 0.1) is 5.92 Å². The van der Waals surface area contributed by atoms with Crippen molar-refractivity contribution in [2.75, 3.05) is 13.1 Å². The third kappa shape index (κ3) is 2.34. The topological polar surface area (TPSA) is 57.6 Å². The zero-order chi connectivity index (χ0) is 13.4. The molecule has 0 spiro atoms. The van der Waals surface area contributed by atoms with Gasteiger partial charge in [0.1, 0.15) is 0 Å². The summed E-state index contributed by atoms with van der Waals surface area (Å²) in [4.78, 5) is 21.8. The molecule has 0 aromatic rings. The molecular formula is C9H11F4NO3. The maximum atomic E-state index is 13.9.